The van der Waals surface area contributed by atoms with Gasteiger partial charge >= 0.3 is 6.18 Å². The Bertz CT molecular complexity index is 514. The van der Waals surface area contributed by atoms with Gasteiger partial charge in [-0.3, -0.25) is 0 Å². The van der Waals surface area contributed by atoms with Gasteiger partial charge in [0.05, 0.1) is 11.3 Å². The van der Waals surface area contributed by atoms with E-state index in [1.54, 1.807) is 0 Å². The van der Waals surface area contributed by atoms with E-state index < -0.39 is 11.7 Å². The molecule has 0 amide bonds. The molecule has 0 aromatic heterocycles. The van der Waals surface area contributed by atoms with Crippen molar-refractivity contribution in [2.75, 3.05) is 24.5 Å². The molecule has 21 heavy (non-hydrogen) atoms. The molecule has 1 atom stereocenters. The van der Waals surface area contributed by atoms with Crippen LogP contribution >= 0.6 is 15.9 Å². The molecule has 0 radical (unpaired) electrons. The van der Waals surface area contributed by atoms with E-state index in [0.29, 0.717) is 17.6 Å². The van der Waals surface area contributed by atoms with Crippen molar-refractivity contribution in [3.05, 3.63) is 28.2 Å². The number of hydrogen-bond donors (Lipinski definition) is 1. The van der Waals surface area contributed by atoms with Gasteiger partial charge in [0.15, 0.2) is 0 Å². The molecule has 1 unspecified atom stereocenters. The van der Waals surface area contributed by atoms with Crippen molar-refractivity contribution in [3.63, 3.8) is 0 Å². The van der Waals surface area contributed by atoms with Crippen LogP contribution in [0.4, 0.5) is 18.9 Å². The van der Waals surface area contributed by atoms with Crippen LogP contribution in [-0.2, 0) is 6.18 Å². The summed E-state index contributed by atoms with van der Waals surface area (Å²) < 4.78 is 39.2. The van der Waals surface area contributed by atoms with Gasteiger partial charge in [0, 0.05) is 23.6 Å². The van der Waals surface area contributed by atoms with Gasteiger partial charge in [0.25, 0.3) is 0 Å². The Morgan fingerprint density at radius 2 is 2.00 bits per heavy atom. The second-order valence-corrected chi connectivity index (χ2v) is 6.80. The number of nitrogens with zero attached hydrogens (tertiary/aromatic N) is 1. The average molecular weight is 363 g/mol. The molecule has 0 bridgehead atoms. The van der Waals surface area contributed by atoms with Crippen molar-refractivity contribution in [1.82, 2.24) is 5.32 Å². The molecule has 3 rings (SSSR count). The number of anilines is 1. The third-order valence-electron chi connectivity index (χ3n) is 4.17. The van der Waals surface area contributed by atoms with Gasteiger partial charge in [-0.2, -0.15) is 13.2 Å². The van der Waals surface area contributed by atoms with Crippen LogP contribution in [0.3, 0.4) is 0 Å². The molecule has 1 aromatic carbocycles. The summed E-state index contributed by atoms with van der Waals surface area (Å²) in [6.45, 7) is 2.61. The van der Waals surface area contributed by atoms with E-state index in [1.165, 1.54) is 25.0 Å². The lowest BCUT2D eigenvalue weighted by molar-refractivity contribution is -0.137. The fourth-order valence-electron chi connectivity index (χ4n) is 2.77. The summed E-state index contributed by atoms with van der Waals surface area (Å²) in [4.78, 5) is 2.05. The summed E-state index contributed by atoms with van der Waals surface area (Å²) in [5, 5.41) is 3.50. The molecule has 1 N–H and O–H groups in total. The van der Waals surface area contributed by atoms with Gasteiger partial charge < -0.3 is 10.2 Å². The first kappa shape index (κ1) is 15.2. The maximum absolute atomic E-state index is 12.8. The standard InChI is InChI=1S/C15H18BrF3N2/c16-13-4-1-11(15(17,18)19)7-14(13)21-6-5-10(9-21)8-20-12-2-3-12/h1,4,7,10,12,20H,2-3,5-6,8-9H2. The van der Waals surface area contributed by atoms with Crippen LogP contribution in [0.2, 0.25) is 0 Å². The SMILES string of the molecule is FC(F)(F)c1ccc(Br)c(N2CCC(CNC3CC3)C2)c1. The predicted octanol–water partition coefficient (Wildman–Crippen LogP) is 4.05. The first-order valence-electron chi connectivity index (χ1n) is 7.28. The van der Waals surface area contributed by atoms with Crippen LogP contribution in [0.25, 0.3) is 0 Å². The minimum Gasteiger partial charge on any atom is -0.370 e. The Hall–Kier alpha value is -0.750. The molecule has 116 valence electrons. The molecule has 0 spiro atoms. The summed E-state index contributed by atoms with van der Waals surface area (Å²) in [6.07, 6.45) is -0.740. The number of rotatable bonds is 4. The highest BCUT2D eigenvalue weighted by atomic mass is 79.9. The fraction of sp³-hybridized carbons (Fsp3) is 0.600. The summed E-state index contributed by atoms with van der Waals surface area (Å²) in [5.74, 6) is 0.520. The van der Waals surface area contributed by atoms with Gasteiger partial charge in [0.1, 0.15) is 0 Å². The van der Waals surface area contributed by atoms with E-state index in [-0.39, 0.29) is 0 Å². The van der Waals surface area contributed by atoms with Crippen LogP contribution in [0.1, 0.15) is 24.8 Å². The van der Waals surface area contributed by atoms with Crippen LogP contribution < -0.4 is 10.2 Å². The number of alkyl halides is 3. The lowest BCUT2D eigenvalue weighted by Crippen LogP contribution is -2.27. The topological polar surface area (TPSA) is 15.3 Å². The zero-order valence-electron chi connectivity index (χ0n) is 11.6. The zero-order valence-corrected chi connectivity index (χ0v) is 13.2. The molecule has 1 heterocycles. The Morgan fingerprint density at radius 1 is 1.24 bits per heavy atom. The molecule has 1 saturated carbocycles. The predicted molar refractivity (Wildman–Crippen MR) is 80.5 cm³/mol. The van der Waals surface area contributed by atoms with Gasteiger partial charge in [-0.15, -0.1) is 0 Å². The van der Waals surface area contributed by atoms with Gasteiger partial charge in [-0.1, -0.05) is 0 Å². The van der Waals surface area contributed by atoms with Crippen LogP contribution in [0.5, 0.6) is 0 Å². The third-order valence-corrected chi connectivity index (χ3v) is 4.84. The maximum Gasteiger partial charge on any atom is 0.416 e. The molecular formula is C15H18BrF3N2. The van der Waals surface area contributed by atoms with E-state index in [1.807, 2.05) is 0 Å². The Morgan fingerprint density at radius 3 is 2.67 bits per heavy atom. The number of halogens is 4. The van der Waals surface area contributed by atoms with Crippen molar-refractivity contribution in [3.8, 4) is 0 Å². The first-order valence-corrected chi connectivity index (χ1v) is 8.08. The van der Waals surface area contributed by atoms with Crippen LogP contribution in [0.15, 0.2) is 22.7 Å². The molecule has 2 nitrogen and oxygen atoms in total. The van der Waals surface area contributed by atoms with Crippen molar-refractivity contribution in [2.45, 2.75) is 31.5 Å². The van der Waals surface area contributed by atoms with E-state index in [9.17, 15) is 13.2 Å². The first-order chi connectivity index (χ1) is 9.93. The summed E-state index contributed by atoms with van der Waals surface area (Å²) >= 11 is 3.37. The van der Waals surface area contributed by atoms with Crippen molar-refractivity contribution in [1.29, 1.82) is 0 Å². The van der Waals surface area contributed by atoms with E-state index in [4.69, 9.17) is 0 Å². The Labute approximate surface area is 130 Å². The smallest absolute Gasteiger partial charge is 0.370 e. The molecule has 1 aliphatic carbocycles. The van der Waals surface area contributed by atoms with Crippen molar-refractivity contribution < 1.29 is 13.2 Å². The van der Waals surface area contributed by atoms with E-state index in [0.717, 1.165) is 36.6 Å². The average Bonchev–Trinajstić information content (AvgIpc) is 3.13. The summed E-state index contributed by atoms with van der Waals surface area (Å²) in [6, 6.07) is 4.55. The minimum atomic E-state index is -4.29. The maximum atomic E-state index is 12.8. The van der Waals surface area contributed by atoms with E-state index in [2.05, 4.69) is 26.1 Å². The van der Waals surface area contributed by atoms with Gasteiger partial charge in [-0.05, 0) is 65.9 Å². The minimum absolute atomic E-state index is 0.520. The number of benzene rings is 1. The van der Waals surface area contributed by atoms with Crippen LogP contribution in [-0.4, -0.2) is 25.7 Å². The van der Waals surface area contributed by atoms with E-state index >= 15 is 0 Å². The van der Waals surface area contributed by atoms with Gasteiger partial charge in [0.2, 0.25) is 0 Å². The highest BCUT2D eigenvalue weighted by Crippen LogP contribution is 2.37. The second kappa shape index (κ2) is 5.80. The van der Waals surface area contributed by atoms with Gasteiger partial charge in [-0.25, -0.2) is 0 Å². The molecule has 2 aliphatic rings. The molecule has 1 saturated heterocycles. The lowest BCUT2D eigenvalue weighted by Gasteiger charge is -2.22. The molecule has 6 heteroatoms. The normalized spacial score (nSPS) is 22.9. The van der Waals surface area contributed by atoms with Crippen LogP contribution in [0, 0.1) is 5.92 Å². The molecule has 1 aromatic rings. The highest BCUT2D eigenvalue weighted by molar-refractivity contribution is 9.10. The van der Waals surface area contributed by atoms with Crippen molar-refractivity contribution >= 4 is 21.6 Å². The number of hydrogen-bond acceptors (Lipinski definition) is 2. The lowest BCUT2D eigenvalue weighted by atomic mass is 10.1. The quantitative estimate of drug-likeness (QED) is 0.869. The molecule has 2 fully saturated rings. The zero-order chi connectivity index (χ0) is 15.0. The monoisotopic (exact) mass is 362 g/mol. The summed E-state index contributed by atoms with van der Waals surface area (Å²) in [7, 11) is 0. The fourth-order valence-corrected chi connectivity index (χ4v) is 3.27. The highest BCUT2D eigenvalue weighted by Gasteiger charge is 2.33. The number of nitrogens with one attached hydrogen (secondary N) is 1. The second-order valence-electron chi connectivity index (χ2n) is 5.95. The third kappa shape index (κ3) is 3.72. The van der Waals surface area contributed by atoms with Crippen molar-refractivity contribution in [2.24, 2.45) is 5.92 Å². The Balaban J connectivity index is 1.68. The molecular weight excluding hydrogens is 345 g/mol. The Kier molecular flexibility index (Phi) is 4.19. The summed E-state index contributed by atoms with van der Waals surface area (Å²) in [5.41, 5.74) is 0.0685. The largest absolute Gasteiger partial charge is 0.416 e. The molecule has 1 aliphatic heterocycles.